The molecule has 0 radical (unpaired) electrons. The van der Waals surface area contributed by atoms with E-state index >= 15 is 0 Å². The van der Waals surface area contributed by atoms with Crippen LogP contribution in [-0.2, 0) is 5.41 Å². The Kier molecular flexibility index (Phi) is 8.91. The van der Waals surface area contributed by atoms with Gasteiger partial charge in [0.1, 0.15) is 0 Å². The first kappa shape index (κ1) is 37.7. The van der Waals surface area contributed by atoms with Crippen molar-refractivity contribution in [3.63, 3.8) is 0 Å². The summed E-state index contributed by atoms with van der Waals surface area (Å²) in [5, 5.41) is 7.62. The maximum atomic E-state index is 2.40. The Balaban J connectivity index is 0.927. The van der Waals surface area contributed by atoms with E-state index in [2.05, 4.69) is 255 Å². The normalized spacial score (nSPS) is 12.7. The molecule has 0 saturated carbocycles. The first-order valence-corrected chi connectivity index (χ1v) is 22.3. The van der Waals surface area contributed by atoms with Gasteiger partial charge in [0.25, 0.3) is 0 Å². The molecule has 0 unspecified atom stereocenters. The predicted molar refractivity (Wildman–Crippen MR) is 273 cm³/mol. The molecule has 0 aromatic heterocycles. The molecule has 0 aliphatic heterocycles. The molecule has 1 aliphatic rings. The molecule has 0 fully saturated rings. The lowest BCUT2D eigenvalue weighted by Crippen LogP contribution is -2.14. The number of rotatable bonds is 7. The summed E-state index contributed by atoms with van der Waals surface area (Å²) in [6, 6.07) is 87.1. The van der Waals surface area contributed by atoms with Crippen LogP contribution in [0, 0.1) is 0 Å². The molecule has 1 nitrogen and oxygen atoms in total. The number of benzene rings is 11. The first-order valence-electron chi connectivity index (χ1n) is 22.3. The van der Waals surface area contributed by atoms with Crippen LogP contribution in [0.15, 0.2) is 237 Å². The molecule has 0 N–H and O–H groups in total. The van der Waals surface area contributed by atoms with Gasteiger partial charge in [-0.25, -0.2) is 0 Å². The van der Waals surface area contributed by atoms with Crippen molar-refractivity contribution in [1.29, 1.82) is 0 Å². The third kappa shape index (κ3) is 6.31. The van der Waals surface area contributed by atoms with Crippen LogP contribution in [0.1, 0.15) is 25.0 Å². The van der Waals surface area contributed by atoms with E-state index in [0.717, 1.165) is 17.1 Å². The number of hydrogen-bond donors (Lipinski definition) is 0. The molecule has 11 aromatic rings. The van der Waals surface area contributed by atoms with Crippen molar-refractivity contribution in [2.75, 3.05) is 4.90 Å². The standard InChI is InChI=1S/C63H45N/c1-63(2)61-23-8-7-19-59(61)60-41-49(33-39-62(60)63)48-15-9-16-52(40-48)64(51-36-30-47(31-37-51)56-21-11-22-57-55-18-6-4-13-45(55)32-38-58(56)57)50-34-28-43(29-35-50)42-24-26-46(27-25-42)54-20-10-14-44-12-3-5-17-53(44)54/h3-41H,1-2H3. The molecule has 1 heteroatoms. The summed E-state index contributed by atoms with van der Waals surface area (Å²) in [7, 11) is 0. The van der Waals surface area contributed by atoms with Gasteiger partial charge in [0, 0.05) is 22.5 Å². The summed E-state index contributed by atoms with van der Waals surface area (Å²) in [6.45, 7) is 4.69. The van der Waals surface area contributed by atoms with Crippen LogP contribution in [0.25, 0.3) is 88.0 Å². The highest BCUT2D eigenvalue weighted by Crippen LogP contribution is 2.50. The highest BCUT2D eigenvalue weighted by atomic mass is 15.1. The van der Waals surface area contributed by atoms with E-state index in [-0.39, 0.29) is 5.41 Å². The van der Waals surface area contributed by atoms with Crippen molar-refractivity contribution in [3.05, 3.63) is 248 Å². The van der Waals surface area contributed by atoms with Crippen molar-refractivity contribution < 1.29 is 0 Å². The summed E-state index contributed by atoms with van der Waals surface area (Å²) in [6.07, 6.45) is 0. The van der Waals surface area contributed by atoms with Gasteiger partial charge in [0.2, 0.25) is 0 Å². The van der Waals surface area contributed by atoms with Crippen LogP contribution in [0.5, 0.6) is 0 Å². The monoisotopic (exact) mass is 815 g/mol. The summed E-state index contributed by atoms with van der Waals surface area (Å²) in [4.78, 5) is 2.39. The summed E-state index contributed by atoms with van der Waals surface area (Å²) in [5.74, 6) is 0. The Morgan fingerprint density at radius 3 is 1.50 bits per heavy atom. The van der Waals surface area contributed by atoms with Crippen molar-refractivity contribution in [2.24, 2.45) is 0 Å². The van der Waals surface area contributed by atoms with E-state index in [0.29, 0.717) is 0 Å². The van der Waals surface area contributed by atoms with E-state index in [9.17, 15) is 0 Å². The zero-order chi connectivity index (χ0) is 42.8. The van der Waals surface area contributed by atoms with Crippen LogP contribution in [0.4, 0.5) is 17.1 Å². The van der Waals surface area contributed by atoms with E-state index in [1.165, 1.54) is 99.1 Å². The van der Waals surface area contributed by atoms with Crippen LogP contribution < -0.4 is 4.90 Å². The Bertz CT molecular complexity index is 3550. The molecule has 0 bridgehead atoms. The van der Waals surface area contributed by atoms with Gasteiger partial charge < -0.3 is 4.90 Å². The molecular formula is C63H45N. The van der Waals surface area contributed by atoms with Crippen molar-refractivity contribution in [1.82, 2.24) is 0 Å². The van der Waals surface area contributed by atoms with Gasteiger partial charge in [0.15, 0.2) is 0 Å². The fraction of sp³-hybridized carbons (Fsp3) is 0.0476. The molecule has 0 heterocycles. The van der Waals surface area contributed by atoms with Gasteiger partial charge >= 0.3 is 0 Å². The Morgan fingerprint density at radius 1 is 0.266 bits per heavy atom. The Hall–Kier alpha value is -8.00. The highest BCUT2D eigenvalue weighted by Gasteiger charge is 2.35. The minimum atomic E-state index is -0.0277. The third-order valence-corrected chi connectivity index (χ3v) is 13.7. The van der Waals surface area contributed by atoms with E-state index < -0.39 is 0 Å². The molecule has 0 saturated heterocycles. The van der Waals surface area contributed by atoms with E-state index in [4.69, 9.17) is 0 Å². The average molecular weight is 816 g/mol. The number of anilines is 3. The molecule has 0 spiro atoms. The summed E-state index contributed by atoms with van der Waals surface area (Å²) < 4.78 is 0. The average Bonchev–Trinajstić information content (AvgIpc) is 3.59. The van der Waals surface area contributed by atoms with Crippen LogP contribution in [-0.4, -0.2) is 0 Å². The third-order valence-electron chi connectivity index (χ3n) is 13.7. The number of nitrogens with zero attached hydrogens (tertiary/aromatic N) is 1. The number of fused-ring (bicyclic) bond motifs is 7. The molecule has 64 heavy (non-hydrogen) atoms. The molecule has 0 atom stereocenters. The largest absolute Gasteiger partial charge is 0.310 e. The molecule has 1 aliphatic carbocycles. The fourth-order valence-electron chi connectivity index (χ4n) is 10.4. The van der Waals surface area contributed by atoms with E-state index in [1.807, 2.05) is 0 Å². The van der Waals surface area contributed by atoms with Gasteiger partial charge in [0.05, 0.1) is 0 Å². The van der Waals surface area contributed by atoms with Gasteiger partial charge in [-0.05, 0) is 142 Å². The SMILES string of the molecule is CC1(C)c2ccccc2-c2cc(-c3cccc(N(c4ccc(-c5ccc(-c6cccc7ccccc67)cc5)cc4)c4ccc(-c5cccc6c5ccc5ccccc56)cc4)c3)ccc21. The zero-order valence-electron chi connectivity index (χ0n) is 36.0. The first-order chi connectivity index (χ1) is 31.5. The van der Waals surface area contributed by atoms with Crippen molar-refractivity contribution >= 4 is 49.4 Å². The molecule has 12 rings (SSSR count). The zero-order valence-corrected chi connectivity index (χ0v) is 36.0. The molecular weight excluding hydrogens is 771 g/mol. The summed E-state index contributed by atoms with van der Waals surface area (Å²) >= 11 is 0. The maximum absolute atomic E-state index is 2.40. The van der Waals surface area contributed by atoms with Crippen molar-refractivity contribution in [3.8, 4) is 55.6 Å². The smallest absolute Gasteiger partial charge is 0.0467 e. The Morgan fingerprint density at radius 2 is 0.750 bits per heavy atom. The lowest BCUT2D eigenvalue weighted by atomic mass is 9.82. The van der Waals surface area contributed by atoms with Gasteiger partial charge in [-0.2, -0.15) is 0 Å². The molecule has 11 aromatic carbocycles. The van der Waals surface area contributed by atoms with E-state index in [1.54, 1.807) is 0 Å². The highest BCUT2D eigenvalue weighted by molar-refractivity contribution is 6.12. The lowest BCUT2D eigenvalue weighted by Gasteiger charge is -2.26. The van der Waals surface area contributed by atoms with Gasteiger partial charge in [-0.15, -0.1) is 0 Å². The Labute approximate surface area is 375 Å². The van der Waals surface area contributed by atoms with Crippen LogP contribution in [0.2, 0.25) is 0 Å². The minimum Gasteiger partial charge on any atom is -0.310 e. The lowest BCUT2D eigenvalue weighted by molar-refractivity contribution is 0.660. The fourth-order valence-corrected chi connectivity index (χ4v) is 10.4. The maximum Gasteiger partial charge on any atom is 0.0467 e. The molecule has 302 valence electrons. The second kappa shape index (κ2) is 15.1. The number of hydrogen-bond acceptors (Lipinski definition) is 1. The summed E-state index contributed by atoms with van der Waals surface area (Å²) in [5.41, 5.74) is 18.4. The molecule has 0 amide bonds. The predicted octanol–water partition coefficient (Wildman–Crippen LogP) is 17.6. The minimum absolute atomic E-state index is 0.0277. The van der Waals surface area contributed by atoms with Crippen LogP contribution in [0.3, 0.4) is 0 Å². The topological polar surface area (TPSA) is 3.24 Å². The van der Waals surface area contributed by atoms with Crippen molar-refractivity contribution in [2.45, 2.75) is 19.3 Å². The van der Waals surface area contributed by atoms with Crippen LogP contribution >= 0.6 is 0 Å². The quantitative estimate of drug-likeness (QED) is 0.145. The second-order valence-electron chi connectivity index (χ2n) is 17.7. The van der Waals surface area contributed by atoms with Gasteiger partial charge in [-0.3, -0.25) is 0 Å². The second-order valence-corrected chi connectivity index (χ2v) is 17.7. The van der Waals surface area contributed by atoms with Gasteiger partial charge in [-0.1, -0.05) is 208 Å².